The predicted octanol–water partition coefficient (Wildman–Crippen LogP) is 2.86. The van der Waals surface area contributed by atoms with Crippen molar-refractivity contribution in [3.63, 3.8) is 0 Å². The van der Waals surface area contributed by atoms with Gasteiger partial charge in [0.25, 0.3) is 5.91 Å². The van der Waals surface area contributed by atoms with Gasteiger partial charge in [0.2, 0.25) is 0 Å². The summed E-state index contributed by atoms with van der Waals surface area (Å²) in [5.74, 6) is 0.490. The van der Waals surface area contributed by atoms with Crippen LogP contribution < -0.4 is 15.8 Å². The topological polar surface area (TPSA) is 64.3 Å². The number of rotatable bonds is 5. The highest BCUT2D eigenvalue weighted by Gasteiger charge is 2.14. The molecule has 110 valence electrons. The second-order valence-corrected chi connectivity index (χ2v) is 4.97. The van der Waals surface area contributed by atoms with Gasteiger partial charge in [-0.15, -0.1) is 0 Å². The van der Waals surface area contributed by atoms with Crippen molar-refractivity contribution in [2.75, 3.05) is 5.32 Å². The van der Waals surface area contributed by atoms with Crippen LogP contribution in [0.2, 0.25) is 0 Å². The minimum atomic E-state index is -0.575. The number of anilines is 1. The van der Waals surface area contributed by atoms with Crippen LogP contribution in [0.3, 0.4) is 0 Å². The van der Waals surface area contributed by atoms with Crippen LogP contribution in [0, 0.1) is 6.92 Å². The third-order valence-electron chi connectivity index (χ3n) is 3.13. The quantitative estimate of drug-likeness (QED) is 0.887. The monoisotopic (exact) mass is 284 g/mol. The van der Waals surface area contributed by atoms with E-state index >= 15 is 0 Å². The SMILES string of the molecule is Cc1ccc(OC(C)C(=O)Nc2cccc(CN)c2)cc1. The van der Waals surface area contributed by atoms with Gasteiger partial charge in [-0.1, -0.05) is 29.8 Å². The Hall–Kier alpha value is -2.33. The van der Waals surface area contributed by atoms with Crippen LogP contribution in [0.5, 0.6) is 5.75 Å². The van der Waals surface area contributed by atoms with Crippen molar-refractivity contribution in [2.24, 2.45) is 5.73 Å². The van der Waals surface area contributed by atoms with Crippen molar-refractivity contribution in [3.05, 3.63) is 59.7 Å². The molecule has 0 fully saturated rings. The van der Waals surface area contributed by atoms with Crippen LogP contribution in [0.1, 0.15) is 18.1 Å². The number of amides is 1. The first kappa shape index (κ1) is 15.1. The van der Waals surface area contributed by atoms with Crippen molar-refractivity contribution in [1.29, 1.82) is 0 Å². The zero-order valence-electron chi connectivity index (χ0n) is 12.3. The lowest BCUT2D eigenvalue weighted by Gasteiger charge is -2.15. The molecule has 0 aliphatic heterocycles. The van der Waals surface area contributed by atoms with Gasteiger partial charge in [0, 0.05) is 12.2 Å². The fourth-order valence-corrected chi connectivity index (χ4v) is 1.89. The van der Waals surface area contributed by atoms with Crippen LogP contribution in [0.25, 0.3) is 0 Å². The number of carbonyl (C=O) groups excluding carboxylic acids is 1. The molecule has 0 aliphatic carbocycles. The molecule has 1 atom stereocenters. The van der Waals surface area contributed by atoms with Crippen molar-refractivity contribution in [3.8, 4) is 5.75 Å². The molecule has 0 saturated heterocycles. The number of carbonyl (C=O) groups is 1. The zero-order chi connectivity index (χ0) is 15.2. The summed E-state index contributed by atoms with van der Waals surface area (Å²) in [7, 11) is 0. The lowest BCUT2D eigenvalue weighted by Crippen LogP contribution is -2.30. The van der Waals surface area contributed by atoms with Crippen LogP contribution in [0.4, 0.5) is 5.69 Å². The normalized spacial score (nSPS) is 11.8. The summed E-state index contributed by atoms with van der Waals surface area (Å²) in [6.45, 7) is 4.17. The maximum Gasteiger partial charge on any atom is 0.265 e. The molecule has 1 amide bonds. The number of ether oxygens (including phenoxy) is 1. The molecule has 0 aromatic heterocycles. The lowest BCUT2D eigenvalue weighted by atomic mass is 10.2. The molecule has 21 heavy (non-hydrogen) atoms. The summed E-state index contributed by atoms with van der Waals surface area (Å²) in [5, 5.41) is 2.83. The fourth-order valence-electron chi connectivity index (χ4n) is 1.89. The first-order valence-electron chi connectivity index (χ1n) is 6.91. The summed E-state index contributed by atoms with van der Waals surface area (Å²) in [4.78, 5) is 12.1. The van der Waals surface area contributed by atoms with Crippen LogP contribution in [-0.4, -0.2) is 12.0 Å². The van der Waals surface area contributed by atoms with Crippen molar-refractivity contribution in [2.45, 2.75) is 26.5 Å². The standard InChI is InChI=1S/C17H20N2O2/c1-12-6-8-16(9-7-12)21-13(2)17(20)19-15-5-3-4-14(10-15)11-18/h3-10,13H,11,18H2,1-2H3,(H,19,20). The molecule has 2 rings (SSSR count). The summed E-state index contributed by atoms with van der Waals surface area (Å²) in [6, 6.07) is 15.1. The van der Waals surface area contributed by atoms with E-state index in [2.05, 4.69) is 5.32 Å². The van der Waals surface area contributed by atoms with Gasteiger partial charge >= 0.3 is 0 Å². The molecule has 4 nitrogen and oxygen atoms in total. The molecule has 2 aromatic carbocycles. The maximum atomic E-state index is 12.1. The van der Waals surface area contributed by atoms with E-state index in [1.807, 2.05) is 55.5 Å². The highest BCUT2D eigenvalue weighted by Crippen LogP contribution is 2.15. The van der Waals surface area contributed by atoms with Crippen LogP contribution in [0.15, 0.2) is 48.5 Å². The molecule has 0 radical (unpaired) electrons. The van der Waals surface area contributed by atoms with E-state index in [4.69, 9.17) is 10.5 Å². The molecular weight excluding hydrogens is 264 g/mol. The molecule has 3 N–H and O–H groups in total. The van der Waals surface area contributed by atoms with E-state index in [9.17, 15) is 4.79 Å². The Labute approximate surface area is 124 Å². The number of nitrogens with one attached hydrogen (secondary N) is 1. The van der Waals surface area contributed by atoms with Gasteiger partial charge in [0.15, 0.2) is 6.10 Å². The summed E-state index contributed by atoms with van der Waals surface area (Å²) in [6.07, 6.45) is -0.575. The minimum absolute atomic E-state index is 0.190. The molecule has 0 spiro atoms. The first-order chi connectivity index (χ1) is 10.1. The third kappa shape index (κ3) is 4.33. The Bertz CT molecular complexity index is 608. The van der Waals surface area contributed by atoms with Gasteiger partial charge in [0.1, 0.15) is 5.75 Å². The smallest absolute Gasteiger partial charge is 0.265 e. The Morgan fingerprint density at radius 1 is 1.24 bits per heavy atom. The van der Waals surface area contributed by atoms with E-state index < -0.39 is 6.10 Å². The highest BCUT2D eigenvalue weighted by molar-refractivity contribution is 5.94. The number of nitrogens with two attached hydrogens (primary N) is 1. The lowest BCUT2D eigenvalue weighted by molar-refractivity contribution is -0.122. The van der Waals surface area contributed by atoms with Gasteiger partial charge in [0.05, 0.1) is 0 Å². The largest absolute Gasteiger partial charge is 0.481 e. The number of hydrogen-bond acceptors (Lipinski definition) is 3. The molecular formula is C17H20N2O2. The average Bonchev–Trinajstić information content (AvgIpc) is 2.49. The zero-order valence-corrected chi connectivity index (χ0v) is 12.3. The van der Waals surface area contributed by atoms with Crippen molar-refractivity contribution < 1.29 is 9.53 Å². The second-order valence-electron chi connectivity index (χ2n) is 4.97. The molecule has 1 unspecified atom stereocenters. The number of hydrogen-bond donors (Lipinski definition) is 2. The molecule has 2 aromatic rings. The van der Waals surface area contributed by atoms with Gasteiger partial charge in [-0.25, -0.2) is 0 Å². The summed E-state index contributed by atoms with van der Waals surface area (Å²) < 4.78 is 5.62. The van der Waals surface area contributed by atoms with Gasteiger partial charge in [-0.2, -0.15) is 0 Å². The number of benzene rings is 2. The van der Waals surface area contributed by atoms with E-state index in [-0.39, 0.29) is 5.91 Å². The Kier molecular flexibility index (Phi) is 4.95. The summed E-state index contributed by atoms with van der Waals surface area (Å²) in [5.41, 5.74) is 8.43. The Balaban J connectivity index is 1.97. The van der Waals surface area contributed by atoms with E-state index in [0.717, 1.165) is 16.8 Å². The van der Waals surface area contributed by atoms with E-state index in [1.54, 1.807) is 6.92 Å². The highest BCUT2D eigenvalue weighted by atomic mass is 16.5. The van der Waals surface area contributed by atoms with E-state index in [1.165, 1.54) is 0 Å². The van der Waals surface area contributed by atoms with Crippen LogP contribution >= 0.6 is 0 Å². The maximum absolute atomic E-state index is 12.1. The van der Waals surface area contributed by atoms with Crippen molar-refractivity contribution in [1.82, 2.24) is 0 Å². The minimum Gasteiger partial charge on any atom is -0.481 e. The Morgan fingerprint density at radius 2 is 1.95 bits per heavy atom. The van der Waals surface area contributed by atoms with Gasteiger partial charge in [-0.3, -0.25) is 4.79 Å². The predicted molar refractivity (Wildman–Crippen MR) is 84.2 cm³/mol. The second kappa shape index (κ2) is 6.90. The summed E-state index contributed by atoms with van der Waals surface area (Å²) >= 11 is 0. The molecule has 0 aliphatic rings. The van der Waals surface area contributed by atoms with Crippen LogP contribution in [-0.2, 0) is 11.3 Å². The van der Waals surface area contributed by atoms with Gasteiger partial charge < -0.3 is 15.8 Å². The molecule has 0 saturated carbocycles. The molecule has 0 heterocycles. The average molecular weight is 284 g/mol. The molecule has 4 heteroatoms. The number of aryl methyl sites for hydroxylation is 1. The van der Waals surface area contributed by atoms with E-state index in [0.29, 0.717) is 12.3 Å². The fraction of sp³-hybridized carbons (Fsp3) is 0.235. The van der Waals surface area contributed by atoms with Crippen molar-refractivity contribution >= 4 is 11.6 Å². The van der Waals surface area contributed by atoms with Gasteiger partial charge in [-0.05, 0) is 43.7 Å². The Morgan fingerprint density at radius 3 is 2.62 bits per heavy atom. The molecule has 0 bridgehead atoms. The first-order valence-corrected chi connectivity index (χ1v) is 6.91. The third-order valence-corrected chi connectivity index (χ3v) is 3.13.